The highest BCUT2D eigenvalue weighted by molar-refractivity contribution is 7.89. The molecule has 1 amide bonds. The molecule has 0 aromatic carbocycles. The summed E-state index contributed by atoms with van der Waals surface area (Å²) in [5.41, 5.74) is 10.3. The van der Waals surface area contributed by atoms with E-state index in [1.807, 2.05) is 0 Å². The molecule has 0 radical (unpaired) electrons. The lowest BCUT2D eigenvalue weighted by Crippen LogP contribution is -2.66. The molecule has 20 heavy (non-hydrogen) atoms. The average Bonchev–Trinajstić information content (AvgIpc) is 2.32. The highest BCUT2D eigenvalue weighted by Crippen LogP contribution is 2.33. The molecule has 1 heterocycles. The van der Waals surface area contributed by atoms with Crippen molar-refractivity contribution < 1.29 is 22.7 Å². The van der Waals surface area contributed by atoms with Crippen molar-refractivity contribution in [2.75, 3.05) is 19.9 Å². The summed E-state index contributed by atoms with van der Waals surface area (Å²) in [6, 6.07) is -1.10. The fourth-order valence-corrected chi connectivity index (χ4v) is 3.18. The van der Waals surface area contributed by atoms with Crippen molar-refractivity contribution >= 4 is 27.9 Å². The van der Waals surface area contributed by atoms with E-state index in [1.165, 1.54) is 0 Å². The Bertz CT molecular complexity index is 526. The van der Waals surface area contributed by atoms with E-state index in [4.69, 9.17) is 11.5 Å². The van der Waals surface area contributed by atoms with E-state index in [2.05, 4.69) is 9.73 Å². The second kappa shape index (κ2) is 6.07. The number of nitrogens with two attached hydrogens (primary N) is 2. The van der Waals surface area contributed by atoms with Crippen LogP contribution in [0.5, 0.6) is 0 Å². The molecule has 1 saturated heterocycles. The predicted molar refractivity (Wildman–Crippen MR) is 70.9 cm³/mol. The number of carbonyl (C=O) groups excluding carboxylic acids is 2. The van der Waals surface area contributed by atoms with Crippen LogP contribution in [0.15, 0.2) is 4.99 Å². The predicted octanol–water partition coefficient (Wildman–Crippen LogP) is -2.00. The van der Waals surface area contributed by atoms with Crippen LogP contribution in [-0.4, -0.2) is 56.5 Å². The largest absolute Gasteiger partial charge is 0.467 e. The van der Waals surface area contributed by atoms with Gasteiger partial charge in [-0.25, -0.2) is 17.5 Å². The summed E-state index contributed by atoms with van der Waals surface area (Å²) < 4.78 is 28.0. The molecule has 9 nitrogen and oxygen atoms in total. The Hall–Kier alpha value is -1.84. The SMILES string of the molecule is COC(=O)[C@H]1[C@H](CCCN=C(N)N)C(=O)N1S(C)(=O)=O. The van der Waals surface area contributed by atoms with Crippen LogP contribution in [0, 0.1) is 5.92 Å². The molecule has 114 valence electrons. The molecule has 1 fully saturated rings. The lowest BCUT2D eigenvalue weighted by atomic mass is 9.86. The van der Waals surface area contributed by atoms with Crippen LogP contribution in [0.4, 0.5) is 0 Å². The zero-order valence-electron chi connectivity index (χ0n) is 11.3. The van der Waals surface area contributed by atoms with Gasteiger partial charge in [-0.2, -0.15) is 0 Å². The van der Waals surface area contributed by atoms with Gasteiger partial charge in [-0.15, -0.1) is 0 Å². The minimum absolute atomic E-state index is 0.0628. The second-order valence-corrected chi connectivity index (χ2v) is 6.28. The van der Waals surface area contributed by atoms with Crippen LogP contribution in [0.1, 0.15) is 12.8 Å². The summed E-state index contributed by atoms with van der Waals surface area (Å²) in [5.74, 6) is -2.13. The fourth-order valence-electron chi connectivity index (χ4n) is 2.07. The van der Waals surface area contributed by atoms with Crippen LogP contribution >= 0.6 is 0 Å². The molecule has 10 heteroatoms. The van der Waals surface area contributed by atoms with Crippen molar-refractivity contribution in [2.24, 2.45) is 22.4 Å². The van der Waals surface area contributed by atoms with Gasteiger partial charge in [0, 0.05) is 6.54 Å². The molecular formula is C10H18N4O5S. The summed E-state index contributed by atoms with van der Waals surface area (Å²) in [4.78, 5) is 27.2. The number of amides is 1. The van der Waals surface area contributed by atoms with E-state index >= 15 is 0 Å². The summed E-state index contributed by atoms with van der Waals surface area (Å²) in [6.07, 6.45) is 1.64. The van der Waals surface area contributed by atoms with Gasteiger partial charge in [0.05, 0.1) is 19.3 Å². The molecule has 0 aliphatic carbocycles. The maximum Gasteiger partial charge on any atom is 0.330 e. The number of hydrogen-bond donors (Lipinski definition) is 2. The molecule has 0 unspecified atom stereocenters. The van der Waals surface area contributed by atoms with Gasteiger partial charge in [-0.05, 0) is 12.8 Å². The number of guanidine groups is 1. The van der Waals surface area contributed by atoms with Gasteiger partial charge in [0.1, 0.15) is 0 Å². The molecular weight excluding hydrogens is 288 g/mol. The van der Waals surface area contributed by atoms with Crippen molar-refractivity contribution in [2.45, 2.75) is 18.9 Å². The van der Waals surface area contributed by atoms with Gasteiger partial charge in [0.15, 0.2) is 12.0 Å². The first kappa shape index (κ1) is 16.2. The number of carbonyl (C=O) groups is 2. The molecule has 0 bridgehead atoms. The smallest absolute Gasteiger partial charge is 0.330 e. The van der Waals surface area contributed by atoms with Crippen molar-refractivity contribution in [1.29, 1.82) is 0 Å². The molecule has 0 saturated carbocycles. The number of nitrogens with zero attached hydrogens (tertiary/aromatic N) is 2. The first-order valence-electron chi connectivity index (χ1n) is 5.86. The highest BCUT2D eigenvalue weighted by Gasteiger charge is 2.55. The Kier molecular flexibility index (Phi) is 4.93. The van der Waals surface area contributed by atoms with E-state index in [9.17, 15) is 18.0 Å². The molecule has 2 atom stereocenters. The summed E-state index contributed by atoms with van der Waals surface area (Å²) in [5, 5.41) is 0. The Balaban J connectivity index is 2.74. The highest BCUT2D eigenvalue weighted by atomic mass is 32.2. The molecule has 1 aliphatic rings. The van der Waals surface area contributed by atoms with Crippen molar-refractivity contribution in [1.82, 2.24) is 4.31 Å². The first-order chi connectivity index (χ1) is 9.20. The Morgan fingerprint density at radius 1 is 1.45 bits per heavy atom. The quantitative estimate of drug-likeness (QED) is 0.190. The zero-order valence-corrected chi connectivity index (χ0v) is 12.1. The number of esters is 1. The number of methoxy groups -OCH3 is 1. The fraction of sp³-hybridized carbons (Fsp3) is 0.700. The minimum atomic E-state index is -3.78. The maximum absolute atomic E-state index is 11.8. The van der Waals surface area contributed by atoms with Crippen molar-refractivity contribution in [3.05, 3.63) is 0 Å². The Labute approximate surface area is 117 Å². The van der Waals surface area contributed by atoms with Crippen LogP contribution in [0.3, 0.4) is 0 Å². The molecule has 0 spiro atoms. The lowest BCUT2D eigenvalue weighted by molar-refractivity contribution is -0.165. The van der Waals surface area contributed by atoms with Crippen molar-refractivity contribution in [3.63, 3.8) is 0 Å². The molecule has 1 aliphatic heterocycles. The van der Waals surface area contributed by atoms with Crippen LogP contribution in [0.2, 0.25) is 0 Å². The number of β-lactam (4-membered cyclic amide) rings is 1. The molecule has 4 N–H and O–H groups in total. The monoisotopic (exact) mass is 306 g/mol. The molecule has 1 rings (SSSR count). The first-order valence-corrected chi connectivity index (χ1v) is 7.71. The maximum atomic E-state index is 11.8. The Morgan fingerprint density at radius 2 is 2.05 bits per heavy atom. The number of sulfonamides is 1. The van der Waals surface area contributed by atoms with E-state index in [0.29, 0.717) is 23.7 Å². The van der Waals surface area contributed by atoms with Crippen LogP contribution in [0.25, 0.3) is 0 Å². The van der Waals surface area contributed by atoms with E-state index < -0.39 is 33.9 Å². The van der Waals surface area contributed by atoms with Crippen molar-refractivity contribution in [3.8, 4) is 0 Å². The minimum Gasteiger partial charge on any atom is -0.467 e. The molecule has 0 aromatic rings. The standard InChI is InChI=1S/C10H18N4O5S/c1-19-9(16)7-6(4-3-5-13-10(11)12)8(15)14(7)20(2,17)18/h6-7H,3-5H2,1-2H3,(H4,11,12,13)/t6-,7+/m0/s1. The average molecular weight is 306 g/mol. The number of aliphatic imine (C=N–C) groups is 1. The second-order valence-electron chi connectivity index (χ2n) is 4.42. The van der Waals surface area contributed by atoms with E-state index in [-0.39, 0.29) is 5.96 Å². The number of rotatable bonds is 6. The van der Waals surface area contributed by atoms with Crippen LogP contribution < -0.4 is 11.5 Å². The number of ether oxygens (including phenoxy) is 1. The van der Waals surface area contributed by atoms with Gasteiger partial charge in [-0.1, -0.05) is 0 Å². The number of hydrogen-bond acceptors (Lipinski definition) is 6. The van der Waals surface area contributed by atoms with Gasteiger partial charge in [0.25, 0.3) is 0 Å². The molecule has 0 aromatic heterocycles. The van der Waals surface area contributed by atoms with E-state index in [1.54, 1.807) is 0 Å². The third-order valence-electron chi connectivity index (χ3n) is 2.94. The summed E-state index contributed by atoms with van der Waals surface area (Å²) in [6.45, 7) is 0.304. The third kappa shape index (κ3) is 3.38. The van der Waals surface area contributed by atoms with Gasteiger partial charge in [-0.3, -0.25) is 9.79 Å². The Morgan fingerprint density at radius 3 is 2.50 bits per heavy atom. The normalized spacial score (nSPS) is 22.1. The zero-order chi connectivity index (χ0) is 15.5. The van der Waals surface area contributed by atoms with Gasteiger partial charge in [0.2, 0.25) is 15.9 Å². The van der Waals surface area contributed by atoms with E-state index in [0.717, 1.165) is 13.4 Å². The lowest BCUT2D eigenvalue weighted by Gasteiger charge is -2.43. The summed E-state index contributed by atoms with van der Waals surface area (Å²) >= 11 is 0. The topological polar surface area (TPSA) is 145 Å². The van der Waals surface area contributed by atoms with Gasteiger partial charge < -0.3 is 16.2 Å². The van der Waals surface area contributed by atoms with Crippen LogP contribution in [-0.2, 0) is 24.3 Å². The third-order valence-corrected chi connectivity index (χ3v) is 4.06. The van der Waals surface area contributed by atoms with Gasteiger partial charge >= 0.3 is 5.97 Å². The summed E-state index contributed by atoms with van der Waals surface area (Å²) in [7, 11) is -2.64.